The Morgan fingerprint density at radius 2 is 1.76 bits per heavy atom. The molecule has 0 radical (unpaired) electrons. The average Bonchev–Trinajstić information content (AvgIpc) is 2.62. The molecular weight excluding hydrogens is 344 g/mol. The van der Waals surface area contributed by atoms with Crippen LogP contribution >= 0.6 is 12.2 Å². The van der Waals surface area contributed by atoms with Gasteiger partial charge in [-0.15, -0.1) is 0 Å². The van der Waals surface area contributed by atoms with Crippen molar-refractivity contribution in [1.82, 2.24) is 20.9 Å². The van der Waals surface area contributed by atoms with Crippen molar-refractivity contribution in [3.05, 3.63) is 51.0 Å². The molecular formula is C15H14N6O3S. The number of amides is 1. The predicted molar refractivity (Wildman–Crippen MR) is 99.2 cm³/mol. The SMILES string of the molecule is NNC(=O)CNC(=S)Nc1cccc2cc3c(=O)[nH][nH]c(=O)c3cc12. The first-order valence-corrected chi connectivity index (χ1v) is 7.62. The molecule has 2 aromatic carbocycles. The maximum atomic E-state index is 12.0. The second-order valence-corrected chi connectivity index (χ2v) is 5.62. The maximum Gasteiger partial charge on any atom is 0.270 e. The standard InChI is InChI=1S/C15H14N6O3S/c16-19-12(22)6-17-15(25)18-11-3-1-2-7-4-9-10(5-8(7)11)14(24)21-20-13(9)23/h1-5H,6,16H2,(H,19,22)(H,20,23)(H,21,24)(H2,17,18,25). The number of thiocarbonyl (C=S) groups is 1. The topological polar surface area (TPSA) is 145 Å². The molecule has 0 spiro atoms. The zero-order valence-electron chi connectivity index (χ0n) is 12.8. The Hall–Kier alpha value is -3.24. The fourth-order valence-corrected chi connectivity index (χ4v) is 2.62. The van der Waals surface area contributed by atoms with E-state index in [9.17, 15) is 14.4 Å². The van der Waals surface area contributed by atoms with Crippen LogP contribution in [-0.4, -0.2) is 27.8 Å². The Kier molecular flexibility index (Phi) is 4.46. The zero-order valence-corrected chi connectivity index (χ0v) is 13.6. The third-order valence-corrected chi connectivity index (χ3v) is 3.86. The number of anilines is 1. The number of benzene rings is 2. The molecule has 0 saturated heterocycles. The third kappa shape index (κ3) is 3.34. The van der Waals surface area contributed by atoms with E-state index in [2.05, 4.69) is 20.8 Å². The lowest BCUT2D eigenvalue weighted by Crippen LogP contribution is -2.41. The van der Waals surface area contributed by atoms with Crippen LogP contribution in [0.3, 0.4) is 0 Å². The summed E-state index contributed by atoms with van der Waals surface area (Å²) in [5.74, 6) is 4.58. The third-order valence-electron chi connectivity index (χ3n) is 3.62. The number of carbonyl (C=O) groups is 1. The number of nitrogens with two attached hydrogens (primary N) is 1. The second kappa shape index (κ2) is 6.71. The molecule has 0 atom stereocenters. The van der Waals surface area contributed by atoms with Gasteiger partial charge in [0.05, 0.1) is 17.3 Å². The number of hydrazine groups is 1. The van der Waals surface area contributed by atoms with Crippen LogP contribution in [0.15, 0.2) is 39.9 Å². The van der Waals surface area contributed by atoms with Gasteiger partial charge >= 0.3 is 0 Å². The second-order valence-electron chi connectivity index (χ2n) is 5.21. The number of carbonyl (C=O) groups excluding carboxylic acids is 1. The highest BCUT2D eigenvalue weighted by atomic mass is 32.1. The fraction of sp³-hybridized carbons (Fsp3) is 0.0667. The van der Waals surface area contributed by atoms with Crippen molar-refractivity contribution in [3.8, 4) is 0 Å². The maximum absolute atomic E-state index is 12.0. The summed E-state index contributed by atoms with van der Waals surface area (Å²) in [6.45, 7) is -0.0783. The van der Waals surface area contributed by atoms with E-state index in [0.29, 0.717) is 16.5 Å². The fourth-order valence-electron chi connectivity index (χ4n) is 2.44. The monoisotopic (exact) mass is 358 g/mol. The highest BCUT2D eigenvalue weighted by Gasteiger charge is 2.09. The van der Waals surface area contributed by atoms with Gasteiger partial charge in [-0.25, -0.2) is 5.84 Å². The van der Waals surface area contributed by atoms with Crippen LogP contribution in [0.4, 0.5) is 5.69 Å². The molecule has 10 heteroatoms. The lowest BCUT2D eigenvalue weighted by atomic mass is 10.0. The number of rotatable bonds is 3. The van der Waals surface area contributed by atoms with Gasteiger partial charge < -0.3 is 10.6 Å². The molecule has 0 unspecified atom stereocenters. The van der Waals surface area contributed by atoms with Crippen molar-refractivity contribution in [1.29, 1.82) is 0 Å². The molecule has 0 aliphatic heterocycles. The minimum absolute atomic E-state index is 0.0783. The van der Waals surface area contributed by atoms with Gasteiger partial charge in [-0.05, 0) is 35.8 Å². The number of hydrogen-bond donors (Lipinski definition) is 6. The number of nitrogens with one attached hydrogen (secondary N) is 5. The van der Waals surface area contributed by atoms with Crippen LogP contribution in [0.2, 0.25) is 0 Å². The number of aromatic amines is 2. The molecule has 0 aliphatic rings. The Bertz CT molecular complexity index is 1100. The van der Waals surface area contributed by atoms with Crippen molar-refractivity contribution < 1.29 is 4.79 Å². The Morgan fingerprint density at radius 3 is 2.44 bits per heavy atom. The van der Waals surface area contributed by atoms with Crippen LogP contribution in [0.1, 0.15) is 0 Å². The van der Waals surface area contributed by atoms with Crippen LogP contribution in [0.25, 0.3) is 21.5 Å². The number of H-pyrrole nitrogens is 2. The van der Waals surface area contributed by atoms with Crippen molar-refractivity contribution in [2.75, 3.05) is 11.9 Å². The van der Waals surface area contributed by atoms with Crippen molar-refractivity contribution in [3.63, 3.8) is 0 Å². The summed E-state index contributed by atoms with van der Waals surface area (Å²) in [6.07, 6.45) is 0. The Morgan fingerprint density at radius 1 is 1.08 bits per heavy atom. The molecule has 9 nitrogen and oxygen atoms in total. The molecule has 1 heterocycles. The summed E-state index contributed by atoms with van der Waals surface area (Å²) in [7, 11) is 0. The first kappa shape index (κ1) is 16.6. The minimum Gasteiger partial charge on any atom is -0.353 e. The smallest absolute Gasteiger partial charge is 0.270 e. The van der Waals surface area contributed by atoms with Crippen molar-refractivity contribution in [2.45, 2.75) is 0 Å². The summed E-state index contributed by atoms with van der Waals surface area (Å²) in [4.78, 5) is 35.0. The molecule has 0 fully saturated rings. The molecule has 0 saturated carbocycles. The van der Waals surface area contributed by atoms with E-state index in [1.165, 1.54) is 0 Å². The van der Waals surface area contributed by atoms with Crippen LogP contribution in [0.5, 0.6) is 0 Å². The summed E-state index contributed by atoms with van der Waals surface area (Å²) in [6, 6.07) is 8.64. The number of fused-ring (bicyclic) bond motifs is 2. The highest BCUT2D eigenvalue weighted by molar-refractivity contribution is 7.80. The lowest BCUT2D eigenvalue weighted by molar-refractivity contribution is -0.120. The van der Waals surface area contributed by atoms with Gasteiger partial charge in [-0.2, -0.15) is 0 Å². The minimum atomic E-state index is -0.418. The van der Waals surface area contributed by atoms with Gasteiger partial charge in [0.15, 0.2) is 5.11 Å². The van der Waals surface area contributed by atoms with E-state index in [-0.39, 0.29) is 22.6 Å². The van der Waals surface area contributed by atoms with Gasteiger partial charge in [0.2, 0.25) is 0 Å². The first-order chi connectivity index (χ1) is 12.0. The molecule has 3 rings (SSSR count). The van der Waals surface area contributed by atoms with Gasteiger partial charge in [-0.1, -0.05) is 12.1 Å². The van der Waals surface area contributed by atoms with Gasteiger partial charge in [0, 0.05) is 11.1 Å². The van der Waals surface area contributed by atoms with E-state index in [4.69, 9.17) is 18.1 Å². The summed E-state index contributed by atoms with van der Waals surface area (Å²) >= 11 is 5.14. The molecule has 25 heavy (non-hydrogen) atoms. The molecule has 3 aromatic rings. The van der Waals surface area contributed by atoms with Crippen LogP contribution in [0, 0.1) is 0 Å². The van der Waals surface area contributed by atoms with E-state index >= 15 is 0 Å². The van der Waals surface area contributed by atoms with Crippen LogP contribution in [-0.2, 0) is 4.79 Å². The summed E-state index contributed by atoms with van der Waals surface area (Å²) in [5.41, 5.74) is 1.84. The number of hydrogen-bond acceptors (Lipinski definition) is 5. The molecule has 0 aliphatic carbocycles. The van der Waals surface area contributed by atoms with Crippen molar-refractivity contribution >= 4 is 50.5 Å². The highest BCUT2D eigenvalue weighted by Crippen LogP contribution is 2.26. The molecule has 0 bridgehead atoms. The van der Waals surface area contributed by atoms with Crippen molar-refractivity contribution in [2.24, 2.45) is 5.84 Å². The van der Waals surface area contributed by atoms with E-state index < -0.39 is 11.5 Å². The number of aromatic nitrogens is 2. The Balaban J connectivity index is 2.02. The zero-order chi connectivity index (χ0) is 18.0. The quantitative estimate of drug-likeness (QED) is 0.123. The predicted octanol–water partition coefficient (Wildman–Crippen LogP) is -0.354. The normalized spacial score (nSPS) is 10.6. The molecule has 128 valence electrons. The van der Waals surface area contributed by atoms with Gasteiger partial charge in [0.25, 0.3) is 17.0 Å². The average molecular weight is 358 g/mol. The van der Waals surface area contributed by atoms with Gasteiger partial charge in [-0.3, -0.25) is 30.0 Å². The lowest BCUT2D eigenvalue weighted by Gasteiger charge is -2.12. The largest absolute Gasteiger partial charge is 0.353 e. The van der Waals surface area contributed by atoms with E-state index in [0.717, 1.165) is 5.39 Å². The molecule has 1 amide bonds. The molecule has 1 aromatic heterocycles. The first-order valence-electron chi connectivity index (χ1n) is 7.21. The summed E-state index contributed by atoms with van der Waals surface area (Å²) in [5, 5.41) is 12.5. The Labute approximate surface area is 145 Å². The van der Waals surface area contributed by atoms with E-state index in [1.54, 1.807) is 24.3 Å². The van der Waals surface area contributed by atoms with Crippen LogP contribution < -0.4 is 33.0 Å². The molecule has 7 N–H and O–H groups in total. The van der Waals surface area contributed by atoms with E-state index in [1.807, 2.05) is 11.5 Å². The summed E-state index contributed by atoms with van der Waals surface area (Å²) < 4.78 is 0. The van der Waals surface area contributed by atoms with Gasteiger partial charge in [0.1, 0.15) is 0 Å².